The van der Waals surface area contributed by atoms with Crippen molar-refractivity contribution in [2.24, 2.45) is 11.8 Å². The van der Waals surface area contributed by atoms with E-state index >= 15 is 0 Å². The second-order valence-electron chi connectivity index (χ2n) is 12.5. The van der Waals surface area contributed by atoms with Crippen LogP contribution >= 0.6 is 0 Å². The van der Waals surface area contributed by atoms with Crippen molar-refractivity contribution in [2.45, 2.75) is 118 Å². The van der Waals surface area contributed by atoms with Crippen molar-refractivity contribution >= 4 is 17.9 Å². The zero-order chi connectivity index (χ0) is 27.6. The average Bonchev–Trinajstić information content (AvgIpc) is 3.44. The summed E-state index contributed by atoms with van der Waals surface area (Å²) in [5, 5.41) is 5.94. The van der Waals surface area contributed by atoms with E-state index in [0.29, 0.717) is 6.42 Å². The van der Waals surface area contributed by atoms with Gasteiger partial charge in [-0.2, -0.15) is 0 Å². The molecule has 0 bridgehead atoms. The van der Waals surface area contributed by atoms with Crippen LogP contribution in [0.2, 0.25) is 0 Å². The number of rotatable bonds is 8. The van der Waals surface area contributed by atoms with Crippen LogP contribution in [0.5, 0.6) is 0 Å². The summed E-state index contributed by atoms with van der Waals surface area (Å²) in [5.74, 6) is -0.349. The first-order chi connectivity index (χ1) is 16.5. The van der Waals surface area contributed by atoms with E-state index < -0.39 is 29.3 Å². The zero-order valence-electron chi connectivity index (χ0n) is 24.1. The maximum Gasteiger partial charge on any atom is 0.408 e. The van der Waals surface area contributed by atoms with Crippen LogP contribution in [0.15, 0.2) is 18.2 Å². The van der Waals surface area contributed by atoms with Crippen LogP contribution < -0.4 is 10.6 Å². The Morgan fingerprint density at radius 3 is 2.17 bits per heavy atom. The van der Waals surface area contributed by atoms with Crippen molar-refractivity contribution < 1.29 is 19.1 Å². The van der Waals surface area contributed by atoms with E-state index in [1.54, 1.807) is 25.7 Å². The SMILES string of the molecule is CCC(C)C(NC(=O)OC(C)(C)C)C(=O)N(C(C(=O)NC(C)(C)C)c1cccc(C)c1C)C1CC1C. The van der Waals surface area contributed by atoms with Crippen LogP contribution in [0, 0.1) is 25.7 Å². The molecule has 1 aromatic carbocycles. The molecule has 0 spiro atoms. The molecule has 5 unspecified atom stereocenters. The fourth-order valence-corrected chi connectivity index (χ4v) is 4.38. The lowest BCUT2D eigenvalue weighted by Gasteiger charge is -2.38. The molecule has 1 fully saturated rings. The van der Waals surface area contributed by atoms with Gasteiger partial charge in [0.05, 0.1) is 0 Å². The predicted octanol–water partition coefficient (Wildman–Crippen LogP) is 5.44. The summed E-state index contributed by atoms with van der Waals surface area (Å²) < 4.78 is 5.48. The Labute approximate surface area is 217 Å². The molecule has 2 N–H and O–H groups in total. The molecule has 0 heterocycles. The van der Waals surface area contributed by atoms with Gasteiger partial charge in [-0.3, -0.25) is 9.59 Å². The zero-order valence-corrected chi connectivity index (χ0v) is 24.1. The lowest BCUT2D eigenvalue weighted by atomic mass is 9.92. The number of ether oxygens (including phenoxy) is 1. The summed E-state index contributed by atoms with van der Waals surface area (Å²) in [6.07, 6.45) is 0.866. The van der Waals surface area contributed by atoms with E-state index in [1.807, 2.05) is 66.7 Å². The molecule has 7 heteroatoms. The summed E-state index contributed by atoms with van der Waals surface area (Å²) in [7, 11) is 0. The van der Waals surface area contributed by atoms with Gasteiger partial charge < -0.3 is 20.3 Å². The number of nitrogens with one attached hydrogen (secondary N) is 2. The van der Waals surface area contributed by atoms with Crippen molar-refractivity contribution in [3.05, 3.63) is 34.9 Å². The molecule has 7 nitrogen and oxygen atoms in total. The van der Waals surface area contributed by atoms with Gasteiger partial charge in [0.25, 0.3) is 0 Å². The molecular formula is C29H47N3O4. The molecule has 5 atom stereocenters. The number of hydrogen-bond donors (Lipinski definition) is 2. The minimum Gasteiger partial charge on any atom is -0.444 e. The van der Waals surface area contributed by atoms with Crippen LogP contribution in [0.4, 0.5) is 4.79 Å². The fraction of sp³-hybridized carbons (Fsp3) is 0.690. The molecule has 36 heavy (non-hydrogen) atoms. The monoisotopic (exact) mass is 501 g/mol. The number of hydrogen-bond acceptors (Lipinski definition) is 4. The summed E-state index contributed by atoms with van der Waals surface area (Å²) >= 11 is 0. The highest BCUT2D eigenvalue weighted by atomic mass is 16.6. The van der Waals surface area contributed by atoms with Crippen molar-refractivity contribution in [3.63, 3.8) is 0 Å². The molecule has 1 aromatic rings. The third-order valence-corrected chi connectivity index (χ3v) is 6.80. The second-order valence-corrected chi connectivity index (χ2v) is 12.5. The second kappa shape index (κ2) is 11.2. The number of amides is 3. The Balaban J connectivity index is 2.60. The summed E-state index contributed by atoms with van der Waals surface area (Å²) in [6, 6.07) is 4.17. The van der Waals surface area contributed by atoms with Crippen molar-refractivity contribution in [3.8, 4) is 0 Å². The highest BCUT2D eigenvalue weighted by molar-refractivity contribution is 5.93. The van der Waals surface area contributed by atoms with Gasteiger partial charge in [-0.05, 0) is 90.3 Å². The highest BCUT2D eigenvalue weighted by Crippen LogP contribution is 2.42. The van der Waals surface area contributed by atoms with Gasteiger partial charge in [0, 0.05) is 11.6 Å². The van der Waals surface area contributed by atoms with Gasteiger partial charge in [-0.1, -0.05) is 45.4 Å². The van der Waals surface area contributed by atoms with Crippen molar-refractivity contribution in [1.82, 2.24) is 15.5 Å². The molecule has 3 amide bonds. The van der Waals surface area contributed by atoms with Gasteiger partial charge in [0.2, 0.25) is 11.8 Å². The van der Waals surface area contributed by atoms with Crippen molar-refractivity contribution in [2.75, 3.05) is 0 Å². The van der Waals surface area contributed by atoms with Crippen LogP contribution in [0.1, 0.15) is 97.9 Å². The molecule has 0 radical (unpaired) electrons. The number of benzene rings is 1. The minimum absolute atomic E-state index is 0.0832. The number of alkyl carbamates (subject to hydrolysis) is 1. The highest BCUT2D eigenvalue weighted by Gasteiger charge is 2.49. The average molecular weight is 502 g/mol. The van der Waals surface area contributed by atoms with E-state index in [0.717, 1.165) is 23.1 Å². The first-order valence-electron chi connectivity index (χ1n) is 13.2. The third-order valence-electron chi connectivity index (χ3n) is 6.80. The molecule has 1 aliphatic rings. The number of carbonyl (C=O) groups is 3. The van der Waals surface area contributed by atoms with Gasteiger partial charge in [-0.25, -0.2) is 4.79 Å². The van der Waals surface area contributed by atoms with Gasteiger partial charge >= 0.3 is 6.09 Å². The van der Waals surface area contributed by atoms with Crippen LogP contribution in [0.3, 0.4) is 0 Å². The van der Waals surface area contributed by atoms with Gasteiger partial charge in [-0.15, -0.1) is 0 Å². The van der Waals surface area contributed by atoms with Crippen LogP contribution in [-0.2, 0) is 14.3 Å². The van der Waals surface area contributed by atoms with Crippen LogP contribution in [0.25, 0.3) is 0 Å². The first-order valence-corrected chi connectivity index (χ1v) is 13.2. The number of carbonyl (C=O) groups excluding carboxylic acids is 3. The summed E-state index contributed by atoms with van der Waals surface area (Å²) in [4.78, 5) is 42.7. The Bertz CT molecular complexity index is 960. The lowest BCUT2D eigenvalue weighted by Crippen LogP contribution is -2.57. The number of nitrogens with zero attached hydrogens (tertiary/aromatic N) is 1. The van der Waals surface area contributed by atoms with Gasteiger partial charge in [0.1, 0.15) is 17.7 Å². The molecule has 2 rings (SSSR count). The largest absolute Gasteiger partial charge is 0.444 e. The smallest absolute Gasteiger partial charge is 0.408 e. The predicted molar refractivity (Wildman–Crippen MR) is 144 cm³/mol. The summed E-state index contributed by atoms with van der Waals surface area (Å²) in [5.41, 5.74) is 1.69. The Kier molecular flexibility index (Phi) is 9.25. The Hall–Kier alpha value is -2.57. The quantitative estimate of drug-likeness (QED) is 0.497. The molecular weight excluding hydrogens is 454 g/mol. The third kappa shape index (κ3) is 7.71. The van der Waals surface area contributed by atoms with E-state index in [1.165, 1.54) is 0 Å². The van der Waals surface area contributed by atoms with E-state index in [9.17, 15) is 14.4 Å². The first kappa shape index (κ1) is 29.7. The molecule has 0 saturated heterocycles. The molecule has 1 saturated carbocycles. The minimum atomic E-state index is -0.812. The number of aryl methyl sites for hydroxylation is 1. The van der Waals surface area contributed by atoms with E-state index in [2.05, 4.69) is 17.6 Å². The van der Waals surface area contributed by atoms with E-state index in [-0.39, 0.29) is 29.7 Å². The Morgan fingerprint density at radius 2 is 1.69 bits per heavy atom. The normalized spacial score (nSPS) is 20.1. The summed E-state index contributed by atoms with van der Waals surface area (Å²) in [6.45, 7) is 21.2. The topological polar surface area (TPSA) is 87.7 Å². The van der Waals surface area contributed by atoms with Crippen molar-refractivity contribution in [1.29, 1.82) is 0 Å². The van der Waals surface area contributed by atoms with Gasteiger partial charge in [0.15, 0.2) is 0 Å². The van der Waals surface area contributed by atoms with E-state index in [4.69, 9.17) is 4.74 Å². The fourth-order valence-electron chi connectivity index (χ4n) is 4.38. The molecule has 0 aromatic heterocycles. The lowest BCUT2D eigenvalue weighted by molar-refractivity contribution is -0.145. The standard InChI is InChI=1S/C29H47N3O4/c1-12-17(2)23(30-27(35)36-29(9,10)11)26(34)32(22-16-19(22)4)24(25(33)31-28(6,7)8)21-15-13-14-18(3)20(21)5/h13-15,17,19,22-24H,12,16H2,1-11H3,(H,30,35)(H,31,33). The van der Waals surface area contributed by atoms with Crippen LogP contribution in [-0.4, -0.2) is 46.0 Å². The maximum absolute atomic E-state index is 14.3. The molecule has 202 valence electrons. The Morgan fingerprint density at radius 1 is 1.11 bits per heavy atom. The molecule has 1 aliphatic carbocycles. The maximum atomic E-state index is 14.3. The molecule has 0 aliphatic heterocycles.